The van der Waals surface area contributed by atoms with E-state index in [1.165, 1.54) is 6.07 Å². The second-order valence-electron chi connectivity index (χ2n) is 4.96. The molecule has 2 aromatic rings. The van der Waals surface area contributed by atoms with Crippen LogP contribution in [0.15, 0.2) is 46.9 Å². The third-order valence-electron chi connectivity index (χ3n) is 3.42. The van der Waals surface area contributed by atoms with E-state index in [4.69, 9.17) is 5.73 Å². The first kappa shape index (κ1) is 16.1. The Morgan fingerprint density at radius 2 is 1.81 bits per heavy atom. The fourth-order valence-corrected chi connectivity index (χ4v) is 2.57. The maximum Gasteiger partial charge on any atom is 0.128 e. The van der Waals surface area contributed by atoms with Gasteiger partial charge in [0.05, 0.1) is 6.04 Å². The Labute approximate surface area is 131 Å². The van der Waals surface area contributed by atoms with Gasteiger partial charge >= 0.3 is 0 Å². The van der Waals surface area contributed by atoms with Crippen molar-refractivity contribution in [1.82, 2.24) is 4.90 Å². The van der Waals surface area contributed by atoms with Crippen molar-refractivity contribution >= 4 is 15.9 Å². The second kappa shape index (κ2) is 7.11. The highest BCUT2D eigenvalue weighted by Gasteiger charge is 2.20. The third kappa shape index (κ3) is 4.09. The summed E-state index contributed by atoms with van der Waals surface area (Å²) < 4.78 is 28.3. The summed E-state index contributed by atoms with van der Waals surface area (Å²) in [6.07, 6.45) is 0. The molecule has 5 heteroatoms. The molecule has 0 spiro atoms. The lowest BCUT2D eigenvalue weighted by Gasteiger charge is -2.27. The highest BCUT2D eigenvalue weighted by Crippen LogP contribution is 2.24. The van der Waals surface area contributed by atoms with Crippen molar-refractivity contribution in [2.45, 2.75) is 12.6 Å². The standard InChI is InChI=1S/C16H17BrF2N2/c1-21(10-11-2-4-12(17)5-3-11)16(9-20)14-8-13(18)6-7-15(14)19/h2-8,16H,9-10,20H2,1H3. The predicted molar refractivity (Wildman–Crippen MR) is 83.8 cm³/mol. The topological polar surface area (TPSA) is 29.3 Å². The van der Waals surface area contributed by atoms with Crippen LogP contribution in [0.4, 0.5) is 8.78 Å². The number of benzene rings is 2. The SMILES string of the molecule is CN(Cc1ccc(Br)cc1)C(CN)c1cc(F)ccc1F. The monoisotopic (exact) mass is 354 g/mol. The quantitative estimate of drug-likeness (QED) is 0.883. The molecule has 0 radical (unpaired) electrons. The van der Waals surface area contributed by atoms with Crippen LogP contribution in [0.1, 0.15) is 17.2 Å². The summed E-state index contributed by atoms with van der Waals surface area (Å²) in [5.41, 5.74) is 7.13. The van der Waals surface area contributed by atoms with Crippen molar-refractivity contribution in [1.29, 1.82) is 0 Å². The van der Waals surface area contributed by atoms with Crippen LogP contribution in [0.5, 0.6) is 0 Å². The molecule has 0 aromatic heterocycles. The molecule has 0 bridgehead atoms. The molecule has 0 amide bonds. The Balaban J connectivity index is 2.20. The minimum atomic E-state index is -0.457. The molecule has 0 fully saturated rings. The van der Waals surface area contributed by atoms with Gasteiger partial charge in [-0.15, -0.1) is 0 Å². The maximum absolute atomic E-state index is 13.9. The zero-order valence-electron chi connectivity index (χ0n) is 11.7. The zero-order chi connectivity index (χ0) is 15.4. The van der Waals surface area contributed by atoms with Gasteiger partial charge in [-0.05, 0) is 42.9 Å². The van der Waals surface area contributed by atoms with E-state index in [0.717, 1.165) is 22.2 Å². The molecule has 0 saturated carbocycles. The van der Waals surface area contributed by atoms with E-state index in [1.807, 2.05) is 36.2 Å². The smallest absolute Gasteiger partial charge is 0.128 e. The molecule has 0 aliphatic carbocycles. The van der Waals surface area contributed by atoms with Gasteiger partial charge in [-0.1, -0.05) is 28.1 Å². The van der Waals surface area contributed by atoms with Gasteiger partial charge in [0.15, 0.2) is 0 Å². The molecule has 2 aromatic carbocycles. The number of nitrogens with zero attached hydrogens (tertiary/aromatic N) is 1. The minimum absolute atomic E-state index is 0.216. The molecule has 112 valence electrons. The molecule has 1 unspecified atom stereocenters. The molecule has 0 aliphatic heterocycles. The van der Waals surface area contributed by atoms with Gasteiger partial charge < -0.3 is 5.73 Å². The van der Waals surface area contributed by atoms with E-state index in [9.17, 15) is 8.78 Å². The van der Waals surface area contributed by atoms with Gasteiger partial charge in [-0.2, -0.15) is 0 Å². The molecule has 0 aliphatic rings. The van der Waals surface area contributed by atoms with Crippen LogP contribution in [-0.2, 0) is 6.54 Å². The Morgan fingerprint density at radius 1 is 1.14 bits per heavy atom. The normalized spacial score (nSPS) is 12.7. The average Bonchev–Trinajstić information content (AvgIpc) is 2.46. The molecular formula is C16H17BrF2N2. The number of hydrogen-bond donors (Lipinski definition) is 1. The number of likely N-dealkylation sites (N-methyl/N-ethyl adjacent to an activating group) is 1. The second-order valence-corrected chi connectivity index (χ2v) is 5.87. The zero-order valence-corrected chi connectivity index (χ0v) is 13.3. The van der Waals surface area contributed by atoms with Gasteiger partial charge in [0, 0.05) is 23.1 Å². The molecule has 21 heavy (non-hydrogen) atoms. The summed E-state index contributed by atoms with van der Waals surface area (Å²) in [5, 5.41) is 0. The lowest BCUT2D eigenvalue weighted by Crippen LogP contribution is -2.31. The fraction of sp³-hybridized carbons (Fsp3) is 0.250. The lowest BCUT2D eigenvalue weighted by atomic mass is 10.0. The average molecular weight is 355 g/mol. The summed E-state index contributed by atoms with van der Waals surface area (Å²) >= 11 is 3.38. The molecule has 2 nitrogen and oxygen atoms in total. The van der Waals surface area contributed by atoms with Gasteiger partial charge in [0.1, 0.15) is 11.6 Å². The van der Waals surface area contributed by atoms with Crippen molar-refractivity contribution in [3.8, 4) is 0 Å². The maximum atomic E-state index is 13.9. The molecule has 0 heterocycles. The first-order chi connectivity index (χ1) is 10.0. The molecular weight excluding hydrogens is 338 g/mol. The summed E-state index contributed by atoms with van der Waals surface area (Å²) in [7, 11) is 1.85. The third-order valence-corrected chi connectivity index (χ3v) is 3.95. The van der Waals surface area contributed by atoms with Crippen LogP contribution >= 0.6 is 15.9 Å². The number of hydrogen-bond acceptors (Lipinski definition) is 2. The summed E-state index contributed by atoms with van der Waals surface area (Å²) in [5.74, 6) is -0.892. The summed E-state index contributed by atoms with van der Waals surface area (Å²) in [6.45, 7) is 0.818. The van der Waals surface area contributed by atoms with Gasteiger partial charge in [0.25, 0.3) is 0 Å². The van der Waals surface area contributed by atoms with Gasteiger partial charge in [-0.3, -0.25) is 4.90 Å². The summed E-state index contributed by atoms with van der Waals surface area (Å²) in [4.78, 5) is 1.92. The van der Waals surface area contributed by atoms with Crippen LogP contribution < -0.4 is 5.73 Å². The van der Waals surface area contributed by atoms with Crippen molar-refractivity contribution < 1.29 is 8.78 Å². The van der Waals surface area contributed by atoms with Gasteiger partial charge in [-0.25, -0.2) is 8.78 Å². The van der Waals surface area contributed by atoms with Crippen molar-refractivity contribution in [2.24, 2.45) is 5.73 Å². The first-order valence-corrected chi connectivity index (χ1v) is 7.40. The van der Waals surface area contributed by atoms with E-state index < -0.39 is 11.6 Å². The fourth-order valence-electron chi connectivity index (χ4n) is 2.30. The van der Waals surface area contributed by atoms with Crippen LogP contribution in [0.3, 0.4) is 0 Å². The first-order valence-electron chi connectivity index (χ1n) is 6.61. The van der Waals surface area contributed by atoms with Crippen LogP contribution in [0.25, 0.3) is 0 Å². The summed E-state index contributed by atoms with van der Waals surface area (Å²) in [6, 6.07) is 11.0. The van der Waals surface area contributed by atoms with E-state index in [1.54, 1.807) is 0 Å². The highest BCUT2D eigenvalue weighted by atomic mass is 79.9. The molecule has 2 N–H and O–H groups in total. The molecule has 0 saturated heterocycles. The Kier molecular flexibility index (Phi) is 5.45. The number of rotatable bonds is 5. The molecule has 2 rings (SSSR count). The van der Waals surface area contributed by atoms with Crippen molar-refractivity contribution in [3.63, 3.8) is 0 Å². The Hall–Kier alpha value is -1.30. The highest BCUT2D eigenvalue weighted by molar-refractivity contribution is 9.10. The van der Waals surface area contributed by atoms with Crippen LogP contribution in [0.2, 0.25) is 0 Å². The van der Waals surface area contributed by atoms with E-state index in [-0.39, 0.29) is 18.2 Å². The van der Waals surface area contributed by atoms with Crippen LogP contribution in [-0.4, -0.2) is 18.5 Å². The lowest BCUT2D eigenvalue weighted by molar-refractivity contribution is 0.236. The Morgan fingerprint density at radius 3 is 2.43 bits per heavy atom. The number of halogens is 3. The minimum Gasteiger partial charge on any atom is -0.329 e. The van der Waals surface area contributed by atoms with Crippen LogP contribution in [0, 0.1) is 11.6 Å². The number of nitrogens with two attached hydrogens (primary N) is 1. The Bertz CT molecular complexity index is 602. The van der Waals surface area contributed by atoms with E-state index in [2.05, 4.69) is 15.9 Å². The van der Waals surface area contributed by atoms with Crippen molar-refractivity contribution in [3.05, 3.63) is 69.7 Å². The van der Waals surface area contributed by atoms with E-state index in [0.29, 0.717) is 6.54 Å². The van der Waals surface area contributed by atoms with Gasteiger partial charge in [0.2, 0.25) is 0 Å². The predicted octanol–water partition coefficient (Wildman–Crippen LogP) is 3.86. The van der Waals surface area contributed by atoms with E-state index >= 15 is 0 Å². The van der Waals surface area contributed by atoms with Crippen molar-refractivity contribution in [2.75, 3.05) is 13.6 Å². The largest absolute Gasteiger partial charge is 0.329 e. The molecule has 1 atom stereocenters.